The Balaban J connectivity index is 2.13. The van der Waals surface area contributed by atoms with E-state index in [1.165, 1.54) is 0 Å². The summed E-state index contributed by atoms with van der Waals surface area (Å²) in [6.07, 6.45) is 1.13. The van der Waals surface area contributed by atoms with E-state index in [4.69, 9.17) is 23.2 Å². The second kappa shape index (κ2) is 4.64. The number of nitrogens with zero attached hydrogens (tertiary/aromatic N) is 3. The number of hydrogen-bond acceptors (Lipinski definition) is 3. The summed E-state index contributed by atoms with van der Waals surface area (Å²) in [4.78, 5) is 2.40. The SMILES string of the molecule is CCN1CCC(c2cc(Cl)c(Cl)nn2)C1. The molecule has 0 N–H and O–H groups in total. The molecule has 0 radical (unpaired) electrons. The maximum Gasteiger partial charge on any atom is 0.170 e. The number of hydrogen-bond donors (Lipinski definition) is 0. The Morgan fingerprint density at radius 2 is 2.27 bits per heavy atom. The van der Waals surface area contributed by atoms with Crippen molar-refractivity contribution in [3.63, 3.8) is 0 Å². The minimum Gasteiger partial charge on any atom is -0.303 e. The van der Waals surface area contributed by atoms with Gasteiger partial charge in [-0.1, -0.05) is 30.1 Å². The average molecular weight is 246 g/mol. The van der Waals surface area contributed by atoms with Crippen LogP contribution in [-0.4, -0.2) is 34.7 Å². The van der Waals surface area contributed by atoms with E-state index in [0.717, 1.165) is 31.7 Å². The molecule has 1 aliphatic heterocycles. The average Bonchev–Trinajstić information content (AvgIpc) is 2.70. The summed E-state index contributed by atoms with van der Waals surface area (Å²) in [6, 6.07) is 1.83. The molecule has 2 rings (SSSR count). The summed E-state index contributed by atoms with van der Waals surface area (Å²) < 4.78 is 0. The van der Waals surface area contributed by atoms with Crippen LogP contribution in [0.4, 0.5) is 0 Å². The van der Waals surface area contributed by atoms with Gasteiger partial charge in [0.1, 0.15) is 0 Å². The molecule has 5 heteroatoms. The van der Waals surface area contributed by atoms with Crippen molar-refractivity contribution in [2.24, 2.45) is 0 Å². The van der Waals surface area contributed by atoms with Crippen molar-refractivity contribution in [2.75, 3.05) is 19.6 Å². The zero-order valence-corrected chi connectivity index (χ0v) is 10.1. The molecule has 1 fully saturated rings. The van der Waals surface area contributed by atoms with Crippen molar-refractivity contribution in [1.29, 1.82) is 0 Å². The van der Waals surface area contributed by atoms with Gasteiger partial charge in [0.25, 0.3) is 0 Å². The number of likely N-dealkylation sites (N-methyl/N-ethyl adjacent to an activating group) is 1. The lowest BCUT2D eigenvalue weighted by Gasteiger charge is -2.12. The van der Waals surface area contributed by atoms with Gasteiger partial charge in [-0.25, -0.2) is 0 Å². The van der Waals surface area contributed by atoms with Crippen LogP contribution in [0.2, 0.25) is 10.2 Å². The van der Waals surface area contributed by atoms with Gasteiger partial charge >= 0.3 is 0 Å². The van der Waals surface area contributed by atoms with Crippen molar-refractivity contribution in [3.05, 3.63) is 21.9 Å². The summed E-state index contributed by atoms with van der Waals surface area (Å²) >= 11 is 11.6. The Labute approximate surface area is 99.4 Å². The monoisotopic (exact) mass is 245 g/mol. The van der Waals surface area contributed by atoms with E-state index in [1.807, 2.05) is 6.07 Å². The number of likely N-dealkylation sites (tertiary alicyclic amines) is 1. The summed E-state index contributed by atoms with van der Waals surface area (Å²) in [6.45, 7) is 5.43. The maximum atomic E-state index is 5.91. The summed E-state index contributed by atoms with van der Waals surface area (Å²) in [5.74, 6) is 0.451. The van der Waals surface area contributed by atoms with Crippen molar-refractivity contribution in [2.45, 2.75) is 19.3 Å². The molecule has 3 nitrogen and oxygen atoms in total. The Hall–Kier alpha value is -0.380. The van der Waals surface area contributed by atoms with Gasteiger partial charge in [0.05, 0.1) is 10.7 Å². The van der Waals surface area contributed by atoms with Gasteiger partial charge in [-0.05, 0) is 25.6 Å². The Morgan fingerprint density at radius 1 is 1.47 bits per heavy atom. The van der Waals surface area contributed by atoms with Crippen LogP contribution in [0.1, 0.15) is 25.0 Å². The van der Waals surface area contributed by atoms with Crippen molar-refractivity contribution >= 4 is 23.2 Å². The fourth-order valence-corrected chi connectivity index (χ4v) is 2.17. The standard InChI is InChI=1S/C10H13Cl2N3/c1-2-15-4-3-7(6-15)9-5-8(11)10(12)14-13-9/h5,7H,2-4,6H2,1H3. The lowest BCUT2D eigenvalue weighted by atomic mass is 10.1. The molecule has 0 aliphatic carbocycles. The van der Waals surface area contributed by atoms with E-state index in [1.54, 1.807) is 0 Å². The first-order valence-corrected chi connectivity index (χ1v) is 5.87. The van der Waals surface area contributed by atoms with Crippen LogP contribution in [-0.2, 0) is 0 Å². The van der Waals surface area contributed by atoms with E-state index >= 15 is 0 Å². The summed E-state index contributed by atoms with van der Waals surface area (Å²) in [5, 5.41) is 8.72. The third kappa shape index (κ3) is 2.41. The van der Waals surface area contributed by atoms with E-state index in [2.05, 4.69) is 22.0 Å². The van der Waals surface area contributed by atoms with Crippen LogP contribution in [0.15, 0.2) is 6.07 Å². The predicted molar refractivity (Wildman–Crippen MR) is 61.5 cm³/mol. The van der Waals surface area contributed by atoms with Gasteiger partial charge in [0.15, 0.2) is 5.15 Å². The van der Waals surface area contributed by atoms with E-state index < -0.39 is 0 Å². The molecular formula is C10H13Cl2N3. The van der Waals surface area contributed by atoms with Gasteiger partial charge in [0, 0.05) is 12.5 Å². The molecule has 1 aliphatic rings. The van der Waals surface area contributed by atoms with Gasteiger partial charge in [-0.15, -0.1) is 5.10 Å². The quantitative estimate of drug-likeness (QED) is 0.803. The number of aromatic nitrogens is 2. The number of rotatable bonds is 2. The second-order valence-corrected chi connectivity index (χ2v) is 4.55. The zero-order chi connectivity index (χ0) is 10.8. The van der Waals surface area contributed by atoms with Crippen LogP contribution in [0.25, 0.3) is 0 Å². The van der Waals surface area contributed by atoms with Crippen molar-refractivity contribution in [3.8, 4) is 0 Å². The van der Waals surface area contributed by atoms with Gasteiger partial charge in [-0.3, -0.25) is 0 Å². The molecular weight excluding hydrogens is 233 g/mol. The molecule has 0 amide bonds. The number of halogens is 2. The van der Waals surface area contributed by atoms with Gasteiger partial charge in [0.2, 0.25) is 0 Å². The molecule has 2 heterocycles. The molecule has 1 unspecified atom stereocenters. The highest BCUT2D eigenvalue weighted by atomic mass is 35.5. The summed E-state index contributed by atoms with van der Waals surface area (Å²) in [5.41, 5.74) is 0.959. The van der Waals surface area contributed by atoms with E-state index in [9.17, 15) is 0 Å². The third-order valence-electron chi connectivity index (χ3n) is 2.86. The van der Waals surface area contributed by atoms with Gasteiger partial charge < -0.3 is 4.90 Å². The molecule has 0 saturated carbocycles. The fraction of sp³-hybridized carbons (Fsp3) is 0.600. The highest BCUT2D eigenvalue weighted by Crippen LogP contribution is 2.28. The smallest absolute Gasteiger partial charge is 0.170 e. The van der Waals surface area contributed by atoms with Crippen LogP contribution in [0, 0.1) is 0 Å². The lowest BCUT2D eigenvalue weighted by molar-refractivity contribution is 0.353. The summed E-state index contributed by atoms with van der Waals surface area (Å²) in [7, 11) is 0. The molecule has 1 saturated heterocycles. The Bertz CT molecular complexity index is 357. The highest BCUT2D eigenvalue weighted by molar-refractivity contribution is 6.41. The molecule has 1 aromatic heterocycles. The predicted octanol–water partition coefficient (Wildman–Crippen LogP) is 2.59. The van der Waals surface area contributed by atoms with E-state index in [0.29, 0.717) is 10.9 Å². The van der Waals surface area contributed by atoms with Gasteiger partial charge in [-0.2, -0.15) is 5.10 Å². The molecule has 82 valence electrons. The first kappa shape index (κ1) is 11.1. The van der Waals surface area contributed by atoms with Crippen LogP contribution < -0.4 is 0 Å². The molecule has 1 aromatic rings. The van der Waals surface area contributed by atoms with Crippen molar-refractivity contribution < 1.29 is 0 Å². The lowest BCUT2D eigenvalue weighted by Crippen LogP contribution is -2.19. The van der Waals surface area contributed by atoms with Crippen LogP contribution >= 0.6 is 23.2 Å². The first-order valence-electron chi connectivity index (χ1n) is 5.11. The Kier molecular flexibility index (Phi) is 3.44. The Morgan fingerprint density at radius 3 is 2.87 bits per heavy atom. The fourth-order valence-electron chi connectivity index (χ4n) is 1.93. The largest absolute Gasteiger partial charge is 0.303 e. The zero-order valence-electron chi connectivity index (χ0n) is 8.58. The topological polar surface area (TPSA) is 29.0 Å². The molecule has 0 bridgehead atoms. The van der Waals surface area contributed by atoms with Crippen LogP contribution in [0.5, 0.6) is 0 Å². The van der Waals surface area contributed by atoms with Crippen LogP contribution in [0.3, 0.4) is 0 Å². The maximum absolute atomic E-state index is 5.91. The first-order chi connectivity index (χ1) is 7.20. The van der Waals surface area contributed by atoms with Crippen molar-refractivity contribution in [1.82, 2.24) is 15.1 Å². The third-order valence-corrected chi connectivity index (χ3v) is 3.53. The molecule has 15 heavy (non-hydrogen) atoms. The highest BCUT2D eigenvalue weighted by Gasteiger charge is 2.24. The minimum atomic E-state index is 0.283. The molecule has 0 aromatic carbocycles. The normalized spacial score (nSPS) is 22.2. The minimum absolute atomic E-state index is 0.283. The molecule has 0 spiro atoms. The second-order valence-electron chi connectivity index (χ2n) is 3.79. The molecule has 1 atom stereocenters. The van der Waals surface area contributed by atoms with E-state index in [-0.39, 0.29) is 5.15 Å².